The molecule has 0 aromatic heterocycles. The van der Waals surface area contributed by atoms with Crippen LogP contribution in [0.3, 0.4) is 0 Å². The zero-order valence-corrected chi connectivity index (χ0v) is 12.3. The molecule has 0 heterocycles. The second-order valence-corrected chi connectivity index (χ2v) is 5.16. The fourth-order valence-electron chi connectivity index (χ4n) is 2.65. The van der Waals surface area contributed by atoms with Gasteiger partial charge in [-0.3, -0.25) is 0 Å². The van der Waals surface area contributed by atoms with Crippen LogP contribution in [-0.4, -0.2) is 13.3 Å². The van der Waals surface area contributed by atoms with Crippen molar-refractivity contribution in [3.63, 3.8) is 0 Å². The molecule has 0 aliphatic carbocycles. The van der Waals surface area contributed by atoms with Crippen molar-refractivity contribution in [1.29, 1.82) is 0 Å². The lowest BCUT2D eigenvalue weighted by Gasteiger charge is -2.13. The van der Waals surface area contributed by atoms with E-state index in [1.807, 2.05) is 50.2 Å². The molecule has 0 bridgehead atoms. The largest absolute Gasteiger partial charge is 0.513 e. The van der Waals surface area contributed by atoms with Crippen LogP contribution in [0.15, 0.2) is 42.5 Å². The number of rotatable bonds is 1. The van der Waals surface area contributed by atoms with Gasteiger partial charge < -0.3 is 9.47 Å². The summed E-state index contributed by atoms with van der Waals surface area (Å²) < 4.78 is 10.1. The van der Waals surface area contributed by atoms with E-state index in [0.717, 1.165) is 32.7 Å². The van der Waals surface area contributed by atoms with E-state index in [2.05, 4.69) is 10.8 Å². The maximum Gasteiger partial charge on any atom is 0.513 e. The van der Waals surface area contributed by atoms with Gasteiger partial charge in [0.1, 0.15) is 5.75 Å². The Morgan fingerprint density at radius 3 is 2.57 bits per heavy atom. The highest BCUT2D eigenvalue weighted by Gasteiger charge is 2.14. The van der Waals surface area contributed by atoms with Crippen LogP contribution in [0.25, 0.3) is 21.5 Å². The highest BCUT2D eigenvalue weighted by atomic mass is 16.7. The lowest BCUT2D eigenvalue weighted by molar-refractivity contribution is 0.122. The Balaban J connectivity index is 2.43. The molecule has 21 heavy (non-hydrogen) atoms. The van der Waals surface area contributed by atoms with E-state index in [4.69, 9.17) is 4.74 Å². The minimum absolute atomic E-state index is 0.566. The zero-order chi connectivity index (χ0) is 15.0. The zero-order valence-electron chi connectivity index (χ0n) is 12.3. The van der Waals surface area contributed by atoms with Crippen molar-refractivity contribution in [3.05, 3.63) is 53.6 Å². The quantitative estimate of drug-likeness (QED) is 0.366. The van der Waals surface area contributed by atoms with Crippen molar-refractivity contribution in [3.8, 4) is 5.75 Å². The fourth-order valence-corrected chi connectivity index (χ4v) is 2.65. The van der Waals surface area contributed by atoms with Gasteiger partial charge in [0, 0.05) is 10.8 Å². The summed E-state index contributed by atoms with van der Waals surface area (Å²) >= 11 is 0. The number of ether oxygens (including phenoxy) is 2. The Bertz CT molecular complexity index is 850. The minimum Gasteiger partial charge on any atom is -0.437 e. The molecule has 0 spiro atoms. The SMILES string of the molecule is COC(=O)Oc1c2cc(C)ccc2cc2cccc(C)c12. The Kier molecular flexibility index (Phi) is 3.26. The highest BCUT2D eigenvalue weighted by molar-refractivity contribution is 6.07. The third-order valence-corrected chi connectivity index (χ3v) is 3.65. The molecule has 0 saturated carbocycles. The summed E-state index contributed by atoms with van der Waals surface area (Å²) in [6.07, 6.45) is -0.700. The first-order chi connectivity index (χ1) is 10.1. The molecule has 0 aliphatic rings. The van der Waals surface area contributed by atoms with Crippen molar-refractivity contribution < 1.29 is 14.3 Å². The number of benzene rings is 3. The van der Waals surface area contributed by atoms with Crippen LogP contribution in [0.1, 0.15) is 11.1 Å². The normalized spacial score (nSPS) is 10.8. The average Bonchev–Trinajstić information content (AvgIpc) is 2.47. The number of hydrogen-bond acceptors (Lipinski definition) is 3. The van der Waals surface area contributed by atoms with Crippen LogP contribution in [0.5, 0.6) is 5.75 Å². The van der Waals surface area contributed by atoms with E-state index in [-0.39, 0.29) is 0 Å². The standard InChI is InChI=1S/C18H16O3/c1-11-7-8-13-10-14-6-4-5-12(2)16(14)17(15(13)9-11)21-18(19)20-3/h4-10H,1-3H3. The van der Waals surface area contributed by atoms with Crippen molar-refractivity contribution in [1.82, 2.24) is 0 Å². The van der Waals surface area contributed by atoms with Gasteiger partial charge in [-0.15, -0.1) is 0 Å². The summed E-state index contributed by atoms with van der Waals surface area (Å²) in [5, 5.41) is 3.95. The predicted octanol–water partition coefficient (Wildman–Crippen LogP) is 4.76. The van der Waals surface area contributed by atoms with E-state index in [9.17, 15) is 4.79 Å². The molecule has 3 rings (SSSR count). The van der Waals surface area contributed by atoms with Crippen molar-refractivity contribution >= 4 is 27.7 Å². The van der Waals surface area contributed by atoms with Crippen molar-refractivity contribution in [2.45, 2.75) is 13.8 Å². The predicted molar refractivity (Wildman–Crippen MR) is 84.0 cm³/mol. The number of fused-ring (bicyclic) bond motifs is 2. The maximum atomic E-state index is 11.6. The van der Waals surface area contributed by atoms with Gasteiger partial charge in [-0.25, -0.2) is 4.79 Å². The van der Waals surface area contributed by atoms with Gasteiger partial charge >= 0.3 is 6.16 Å². The summed E-state index contributed by atoms with van der Waals surface area (Å²) in [5.74, 6) is 0.566. The van der Waals surface area contributed by atoms with E-state index in [0.29, 0.717) is 5.75 Å². The van der Waals surface area contributed by atoms with E-state index in [1.165, 1.54) is 7.11 Å². The van der Waals surface area contributed by atoms with Crippen LogP contribution in [0.4, 0.5) is 4.79 Å². The number of carbonyl (C=O) groups is 1. The first-order valence-corrected chi connectivity index (χ1v) is 6.78. The first-order valence-electron chi connectivity index (χ1n) is 6.78. The number of carbonyl (C=O) groups excluding carboxylic acids is 1. The van der Waals surface area contributed by atoms with Gasteiger partial charge in [0.2, 0.25) is 0 Å². The molecule has 3 nitrogen and oxygen atoms in total. The lowest BCUT2D eigenvalue weighted by Crippen LogP contribution is -2.08. The molecule has 0 fully saturated rings. The number of methoxy groups -OCH3 is 1. The average molecular weight is 280 g/mol. The van der Waals surface area contributed by atoms with E-state index < -0.39 is 6.16 Å². The third kappa shape index (κ3) is 2.31. The minimum atomic E-state index is -0.700. The van der Waals surface area contributed by atoms with E-state index >= 15 is 0 Å². The molecule has 0 radical (unpaired) electrons. The number of hydrogen-bond donors (Lipinski definition) is 0. The summed E-state index contributed by atoms with van der Waals surface area (Å²) in [7, 11) is 1.31. The van der Waals surface area contributed by atoms with Gasteiger partial charge in [0.05, 0.1) is 7.11 Å². The lowest BCUT2D eigenvalue weighted by atomic mass is 9.98. The van der Waals surface area contributed by atoms with Crippen molar-refractivity contribution in [2.75, 3.05) is 7.11 Å². The Morgan fingerprint density at radius 1 is 1.00 bits per heavy atom. The third-order valence-electron chi connectivity index (χ3n) is 3.65. The van der Waals surface area contributed by atoms with Crippen LogP contribution in [0.2, 0.25) is 0 Å². The van der Waals surface area contributed by atoms with Crippen LogP contribution in [0, 0.1) is 13.8 Å². The maximum absolute atomic E-state index is 11.6. The van der Waals surface area contributed by atoms with E-state index in [1.54, 1.807) is 0 Å². The fraction of sp³-hybridized carbons (Fsp3) is 0.167. The second kappa shape index (κ2) is 5.09. The summed E-state index contributed by atoms with van der Waals surface area (Å²) in [6, 6.07) is 14.3. The molecule has 0 atom stereocenters. The molecule has 0 unspecified atom stereocenters. The molecule has 0 N–H and O–H groups in total. The smallest absolute Gasteiger partial charge is 0.437 e. The van der Waals surface area contributed by atoms with Crippen LogP contribution >= 0.6 is 0 Å². The highest BCUT2D eigenvalue weighted by Crippen LogP contribution is 2.37. The molecule has 0 saturated heterocycles. The monoisotopic (exact) mass is 280 g/mol. The molecule has 0 aliphatic heterocycles. The summed E-state index contributed by atoms with van der Waals surface area (Å²) in [5.41, 5.74) is 2.18. The Morgan fingerprint density at radius 2 is 1.81 bits per heavy atom. The topological polar surface area (TPSA) is 35.5 Å². The molecular weight excluding hydrogens is 264 g/mol. The molecule has 106 valence electrons. The van der Waals surface area contributed by atoms with Gasteiger partial charge in [0.25, 0.3) is 0 Å². The van der Waals surface area contributed by atoms with Gasteiger partial charge in [0.15, 0.2) is 0 Å². The van der Waals surface area contributed by atoms with Crippen molar-refractivity contribution in [2.24, 2.45) is 0 Å². The number of aryl methyl sites for hydroxylation is 2. The van der Waals surface area contributed by atoms with Gasteiger partial charge in [-0.1, -0.05) is 35.9 Å². The van der Waals surface area contributed by atoms with Gasteiger partial charge in [-0.2, -0.15) is 0 Å². The molecule has 3 aromatic rings. The summed E-state index contributed by atoms with van der Waals surface area (Å²) in [6.45, 7) is 4.03. The first kappa shape index (κ1) is 13.4. The molecule has 3 aromatic carbocycles. The molecule has 3 heteroatoms. The second-order valence-electron chi connectivity index (χ2n) is 5.16. The van der Waals surface area contributed by atoms with Crippen LogP contribution < -0.4 is 4.74 Å². The molecular formula is C18H16O3. The summed E-state index contributed by atoms with van der Waals surface area (Å²) in [4.78, 5) is 11.6. The van der Waals surface area contributed by atoms with Gasteiger partial charge in [-0.05, 0) is 42.3 Å². The Hall–Kier alpha value is -2.55. The Labute approximate surface area is 123 Å². The molecule has 0 amide bonds. The van der Waals surface area contributed by atoms with Crippen LogP contribution in [-0.2, 0) is 4.74 Å².